The van der Waals surface area contributed by atoms with E-state index in [2.05, 4.69) is 4.98 Å². The minimum atomic E-state index is -0.416. The van der Waals surface area contributed by atoms with E-state index in [1.807, 2.05) is 0 Å². The van der Waals surface area contributed by atoms with Crippen LogP contribution < -0.4 is 5.73 Å². The van der Waals surface area contributed by atoms with E-state index in [0.717, 1.165) is 0 Å². The summed E-state index contributed by atoms with van der Waals surface area (Å²) in [5, 5.41) is 0. The number of carbonyl (C=O) groups is 1. The molecule has 54 valence electrons. The van der Waals surface area contributed by atoms with E-state index in [-0.39, 0.29) is 5.78 Å². The van der Waals surface area contributed by atoms with Gasteiger partial charge in [-0.25, -0.2) is 0 Å². The van der Waals surface area contributed by atoms with Gasteiger partial charge >= 0.3 is 0 Å². The molecule has 0 saturated heterocycles. The summed E-state index contributed by atoms with van der Waals surface area (Å²) in [5.74, 6) is -0.0394. The maximum Gasteiger partial charge on any atom is 0.190 e. The second kappa shape index (κ2) is 2.90. The second-order valence-corrected chi connectivity index (χ2v) is 2.90. The van der Waals surface area contributed by atoms with Gasteiger partial charge in [-0.3, -0.25) is 9.78 Å². The van der Waals surface area contributed by atoms with Gasteiger partial charge in [-0.2, -0.15) is 0 Å². The predicted molar refractivity (Wildman–Crippen MR) is 40.1 cm³/mol. The summed E-state index contributed by atoms with van der Waals surface area (Å²) in [4.78, 5) is 15.5. The van der Waals surface area contributed by atoms with Crippen LogP contribution in [-0.4, -0.2) is 16.8 Å². The summed E-state index contributed by atoms with van der Waals surface area (Å²) in [5.41, 5.74) is 6.98. The predicted octanol–water partition coefficient (Wildman–Crippen LogP) is 0.673. The molecule has 1 atom stereocenters. The SMILES string of the molecule is C[C@H](N)C(=O)c1cncs1. The van der Waals surface area contributed by atoms with Gasteiger partial charge in [0.2, 0.25) is 0 Å². The number of aromatic nitrogens is 1. The molecule has 0 amide bonds. The molecule has 3 nitrogen and oxygen atoms in total. The van der Waals surface area contributed by atoms with Gasteiger partial charge < -0.3 is 5.73 Å². The molecule has 0 aliphatic rings. The molecular formula is C6H8N2OS. The Morgan fingerprint density at radius 1 is 1.90 bits per heavy atom. The number of hydrogen-bond donors (Lipinski definition) is 1. The van der Waals surface area contributed by atoms with Crippen molar-refractivity contribution >= 4 is 17.1 Å². The lowest BCUT2D eigenvalue weighted by Crippen LogP contribution is -2.25. The maximum atomic E-state index is 11.1. The molecule has 0 aromatic carbocycles. The molecule has 2 N–H and O–H groups in total. The third kappa shape index (κ3) is 1.40. The fraction of sp³-hybridized carbons (Fsp3) is 0.333. The fourth-order valence-corrected chi connectivity index (χ4v) is 1.22. The molecule has 0 fully saturated rings. The first-order valence-corrected chi connectivity index (χ1v) is 3.78. The monoisotopic (exact) mass is 156 g/mol. The van der Waals surface area contributed by atoms with Crippen molar-refractivity contribution in [2.24, 2.45) is 5.73 Å². The molecule has 0 aliphatic carbocycles. The van der Waals surface area contributed by atoms with Crippen LogP contribution in [0.1, 0.15) is 16.6 Å². The van der Waals surface area contributed by atoms with Crippen molar-refractivity contribution in [2.75, 3.05) is 0 Å². The van der Waals surface area contributed by atoms with E-state index in [0.29, 0.717) is 4.88 Å². The zero-order valence-electron chi connectivity index (χ0n) is 5.57. The van der Waals surface area contributed by atoms with Gasteiger partial charge in [-0.15, -0.1) is 11.3 Å². The molecule has 0 aliphatic heterocycles. The van der Waals surface area contributed by atoms with Crippen LogP contribution in [0.3, 0.4) is 0 Å². The number of Topliss-reactive ketones (excluding diaryl/α,β-unsaturated/α-hetero) is 1. The van der Waals surface area contributed by atoms with Crippen molar-refractivity contribution in [3.8, 4) is 0 Å². The van der Waals surface area contributed by atoms with Gasteiger partial charge in [-0.1, -0.05) is 0 Å². The van der Waals surface area contributed by atoms with Crippen molar-refractivity contribution in [2.45, 2.75) is 13.0 Å². The first-order valence-electron chi connectivity index (χ1n) is 2.90. The minimum Gasteiger partial charge on any atom is -0.321 e. The lowest BCUT2D eigenvalue weighted by atomic mass is 10.2. The number of ketones is 1. The van der Waals surface area contributed by atoms with Gasteiger partial charge in [0.25, 0.3) is 0 Å². The van der Waals surface area contributed by atoms with Crippen LogP contribution in [0.25, 0.3) is 0 Å². The summed E-state index contributed by atoms with van der Waals surface area (Å²) in [6, 6.07) is -0.416. The van der Waals surface area contributed by atoms with Crippen molar-refractivity contribution in [1.29, 1.82) is 0 Å². The summed E-state index contributed by atoms with van der Waals surface area (Å²) >= 11 is 1.32. The number of hydrogen-bond acceptors (Lipinski definition) is 4. The largest absolute Gasteiger partial charge is 0.321 e. The zero-order valence-corrected chi connectivity index (χ0v) is 6.39. The highest BCUT2D eigenvalue weighted by atomic mass is 32.1. The van der Waals surface area contributed by atoms with E-state index >= 15 is 0 Å². The number of nitrogens with two attached hydrogens (primary N) is 1. The molecular weight excluding hydrogens is 148 g/mol. The van der Waals surface area contributed by atoms with Crippen LogP contribution in [0.5, 0.6) is 0 Å². The van der Waals surface area contributed by atoms with E-state index in [1.165, 1.54) is 17.5 Å². The highest BCUT2D eigenvalue weighted by Crippen LogP contribution is 2.07. The van der Waals surface area contributed by atoms with Crippen LogP contribution in [0.4, 0.5) is 0 Å². The summed E-state index contributed by atoms with van der Waals surface area (Å²) < 4.78 is 0. The Hall–Kier alpha value is -0.740. The number of rotatable bonds is 2. The van der Waals surface area contributed by atoms with Crippen molar-refractivity contribution in [3.63, 3.8) is 0 Å². The van der Waals surface area contributed by atoms with Gasteiger partial charge in [0.15, 0.2) is 5.78 Å². The Labute approximate surface area is 62.9 Å². The molecule has 1 heterocycles. The third-order valence-corrected chi connectivity index (χ3v) is 1.88. The highest BCUT2D eigenvalue weighted by molar-refractivity contribution is 7.11. The summed E-state index contributed by atoms with van der Waals surface area (Å²) in [7, 11) is 0. The molecule has 1 aromatic heterocycles. The minimum absolute atomic E-state index is 0.0394. The number of carbonyl (C=O) groups excluding carboxylic acids is 1. The van der Waals surface area contributed by atoms with Gasteiger partial charge in [-0.05, 0) is 6.92 Å². The molecule has 0 spiro atoms. The maximum absolute atomic E-state index is 11.1. The first kappa shape index (κ1) is 7.37. The van der Waals surface area contributed by atoms with Crippen molar-refractivity contribution in [3.05, 3.63) is 16.6 Å². The van der Waals surface area contributed by atoms with Gasteiger partial charge in [0.1, 0.15) is 0 Å². The smallest absolute Gasteiger partial charge is 0.190 e. The molecule has 0 bridgehead atoms. The van der Waals surface area contributed by atoms with E-state index in [9.17, 15) is 4.79 Å². The second-order valence-electron chi connectivity index (χ2n) is 2.02. The van der Waals surface area contributed by atoms with E-state index in [1.54, 1.807) is 12.4 Å². The third-order valence-electron chi connectivity index (χ3n) is 1.09. The van der Waals surface area contributed by atoms with Gasteiger partial charge in [0, 0.05) is 6.20 Å². The molecule has 10 heavy (non-hydrogen) atoms. The zero-order chi connectivity index (χ0) is 7.56. The molecule has 0 unspecified atom stereocenters. The summed E-state index contributed by atoms with van der Waals surface area (Å²) in [6.45, 7) is 1.67. The Balaban J connectivity index is 2.78. The van der Waals surface area contributed by atoms with E-state index in [4.69, 9.17) is 5.73 Å². The lowest BCUT2D eigenvalue weighted by molar-refractivity contribution is 0.0971. The van der Waals surface area contributed by atoms with Gasteiger partial charge in [0.05, 0.1) is 16.4 Å². The average Bonchev–Trinajstić information content (AvgIpc) is 2.36. The first-order chi connectivity index (χ1) is 4.72. The van der Waals surface area contributed by atoms with Crippen molar-refractivity contribution < 1.29 is 4.79 Å². The molecule has 0 radical (unpaired) electrons. The summed E-state index contributed by atoms with van der Waals surface area (Å²) in [6.07, 6.45) is 1.54. The van der Waals surface area contributed by atoms with Crippen LogP contribution in [0.2, 0.25) is 0 Å². The normalized spacial score (nSPS) is 13.0. The van der Waals surface area contributed by atoms with Crippen LogP contribution in [0.15, 0.2) is 11.7 Å². The number of thiazole rings is 1. The molecule has 1 aromatic rings. The topological polar surface area (TPSA) is 56.0 Å². The Bertz CT molecular complexity index is 218. The molecule has 1 rings (SSSR count). The Kier molecular flexibility index (Phi) is 2.13. The molecule has 0 saturated carbocycles. The fourth-order valence-electron chi connectivity index (χ4n) is 0.562. The highest BCUT2D eigenvalue weighted by Gasteiger charge is 2.11. The van der Waals surface area contributed by atoms with Crippen LogP contribution in [0, 0.1) is 0 Å². The Morgan fingerprint density at radius 2 is 2.60 bits per heavy atom. The average molecular weight is 156 g/mol. The van der Waals surface area contributed by atoms with Crippen LogP contribution >= 0.6 is 11.3 Å². The standard InChI is InChI=1S/C6H8N2OS/c1-4(7)6(9)5-2-8-3-10-5/h2-4H,7H2,1H3/t4-/m0/s1. The quantitative estimate of drug-likeness (QED) is 0.640. The Morgan fingerprint density at radius 3 is 3.00 bits per heavy atom. The van der Waals surface area contributed by atoms with E-state index < -0.39 is 6.04 Å². The lowest BCUT2D eigenvalue weighted by Gasteiger charge is -1.97. The number of nitrogens with zero attached hydrogens (tertiary/aromatic N) is 1. The molecule has 4 heteroatoms. The van der Waals surface area contributed by atoms with Crippen molar-refractivity contribution in [1.82, 2.24) is 4.98 Å². The van der Waals surface area contributed by atoms with Crippen LogP contribution in [-0.2, 0) is 0 Å².